The number of hydrogen-bond donors (Lipinski definition) is 0. The summed E-state index contributed by atoms with van der Waals surface area (Å²) < 4.78 is 8.91. The highest BCUT2D eigenvalue weighted by atomic mass is 32.2. The largest absolute Gasteiger partial charge is 0.368 e. The predicted octanol–water partition coefficient (Wildman–Crippen LogP) is 0.227. The molecule has 0 bridgehead atoms. The summed E-state index contributed by atoms with van der Waals surface area (Å²) in [5.41, 5.74) is 0. The van der Waals surface area contributed by atoms with Crippen molar-refractivity contribution in [3.63, 3.8) is 0 Å². The topological polar surface area (TPSA) is 23.3 Å². The lowest BCUT2D eigenvalue weighted by molar-refractivity contribution is 0.178. The minimum Gasteiger partial charge on any atom is -0.368 e. The van der Waals surface area contributed by atoms with Crippen molar-refractivity contribution >= 4 is 11.9 Å². The van der Waals surface area contributed by atoms with E-state index in [1.807, 2.05) is 0 Å². The second-order valence-corrected chi connectivity index (χ2v) is 1.76. The lowest BCUT2D eigenvalue weighted by Crippen LogP contribution is -2.13. The van der Waals surface area contributed by atoms with Gasteiger partial charge in [0.15, 0.2) is 0 Å². The first-order valence-corrected chi connectivity index (χ1v) is 2.81. The number of ether oxygens (including phenoxy) is 1. The second kappa shape index (κ2) is 2.44. The highest BCUT2D eigenvalue weighted by Gasteiger charge is 1.95. The third kappa shape index (κ3) is 1.16. The average molecular weight is 104 g/mol. The normalized spacial score (nSPS) is 24.0. The van der Waals surface area contributed by atoms with Crippen LogP contribution in [0.15, 0.2) is 0 Å². The van der Waals surface area contributed by atoms with E-state index in [0.29, 0.717) is 0 Å². The van der Waals surface area contributed by atoms with Gasteiger partial charge in [-0.1, -0.05) is 0 Å². The third-order valence-corrected chi connectivity index (χ3v) is 1.19. The molecule has 1 rings (SSSR count). The van der Waals surface area contributed by atoms with Crippen molar-refractivity contribution in [1.29, 1.82) is 0 Å². The molecule has 1 fully saturated rings. The minimum absolute atomic E-state index is 0.750. The molecule has 3 heteroatoms. The van der Waals surface area contributed by atoms with Crippen LogP contribution < -0.4 is 4.72 Å². The zero-order chi connectivity index (χ0) is 4.24. The van der Waals surface area contributed by atoms with Crippen LogP contribution in [0.2, 0.25) is 0 Å². The first-order valence-electron chi connectivity index (χ1n) is 1.86. The van der Waals surface area contributed by atoms with E-state index in [4.69, 9.17) is 4.74 Å². The summed E-state index contributed by atoms with van der Waals surface area (Å²) in [6.07, 6.45) is 0. The van der Waals surface area contributed by atoms with Crippen LogP contribution in [0.25, 0.3) is 0 Å². The first kappa shape index (κ1) is 4.43. The van der Waals surface area contributed by atoms with Gasteiger partial charge in [-0.15, -0.1) is 0 Å². The first-order chi connectivity index (χ1) is 3.00. The van der Waals surface area contributed by atoms with Crippen molar-refractivity contribution in [3.05, 3.63) is 0 Å². The fraction of sp³-hybridized carbons (Fsp3) is 1.00. The molecular weight excluding hydrogens is 98.1 g/mol. The van der Waals surface area contributed by atoms with Crippen molar-refractivity contribution in [3.8, 4) is 0 Å². The van der Waals surface area contributed by atoms with Crippen molar-refractivity contribution in [1.82, 2.24) is 4.72 Å². The second-order valence-electron chi connectivity index (χ2n) is 1.01. The molecule has 0 amide bonds. The molecular formula is C3H6NOS. The molecule has 2 nitrogen and oxygen atoms in total. The van der Waals surface area contributed by atoms with Crippen LogP contribution in [0, 0.1) is 0 Å². The Labute approximate surface area is 41.4 Å². The van der Waals surface area contributed by atoms with E-state index >= 15 is 0 Å². The summed E-state index contributed by atoms with van der Waals surface area (Å²) in [6, 6.07) is 0. The number of rotatable bonds is 0. The molecule has 0 N–H and O–H groups in total. The summed E-state index contributed by atoms with van der Waals surface area (Å²) in [4.78, 5) is 0. The predicted molar refractivity (Wildman–Crippen MR) is 25.4 cm³/mol. The molecule has 1 radical (unpaired) electrons. The molecule has 35 valence electrons. The van der Waals surface area contributed by atoms with Gasteiger partial charge >= 0.3 is 0 Å². The maximum Gasteiger partial charge on any atom is 0.108 e. The van der Waals surface area contributed by atoms with Crippen LogP contribution in [0.4, 0.5) is 0 Å². The summed E-state index contributed by atoms with van der Waals surface area (Å²) in [5.74, 6) is 0.750. The van der Waals surface area contributed by atoms with Gasteiger partial charge in [-0.3, -0.25) is 0 Å². The summed E-state index contributed by atoms with van der Waals surface area (Å²) in [7, 11) is 0. The van der Waals surface area contributed by atoms with Crippen molar-refractivity contribution in [2.45, 2.75) is 0 Å². The quantitative estimate of drug-likeness (QED) is 0.410. The van der Waals surface area contributed by atoms with Gasteiger partial charge in [-0.05, 0) is 11.9 Å². The summed E-state index contributed by atoms with van der Waals surface area (Å²) in [5, 5.41) is 0. The lowest BCUT2D eigenvalue weighted by atomic mass is 10.7. The number of nitrogens with zero attached hydrogens (tertiary/aromatic N) is 1. The van der Waals surface area contributed by atoms with Gasteiger partial charge in [0.05, 0.1) is 6.61 Å². The lowest BCUT2D eigenvalue weighted by Gasteiger charge is -2.07. The standard InChI is InChI=1S/C3H6NOS/c1-2-5-3-6-4-1/h1-3H2. The van der Waals surface area contributed by atoms with Gasteiger partial charge < -0.3 is 4.74 Å². The van der Waals surface area contributed by atoms with E-state index in [1.165, 1.54) is 11.9 Å². The molecule has 6 heavy (non-hydrogen) atoms. The smallest absolute Gasteiger partial charge is 0.108 e. The highest BCUT2D eigenvalue weighted by Crippen LogP contribution is 1.99. The van der Waals surface area contributed by atoms with E-state index in [-0.39, 0.29) is 0 Å². The Hall–Kier alpha value is 0.270. The van der Waals surface area contributed by atoms with Crippen molar-refractivity contribution in [2.75, 3.05) is 19.1 Å². The SMILES string of the molecule is C1COCS[N]1. The Morgan fingerprint density at radius 1 is 1.67 bits per heavy atom. The van der Waals surface area contributed by atoms with Crippen LogP contribution in [-0.4, -0.2) is 19.1 Å². The van der Waals surface area contributed by atoms with Gasteiger partial charge in [-0.25, -0.2) is 0 Å². The number of hydrogen-bond acceptors (Lipinski definition) is 2. The van der Waals surface area contributed by atoms with Crippen LogP contribution in [0.1, 0.15) is 0 Å². The van der Waals surface area contributed by atoms with Crippen molar-refractivity contribution in [2.24, 2.45) is 0 Å². The molecule has 1 heterocycles. The Balaban J connectivity index is 2.00. The Kier molecular flexibility index (Phi) is 1.80. The van der Waals surface area contributed by atoms with Gasteiger partial charge in [-0.2, -0.15) is 4.72 Å². The van der Waals surface area contributed by atoms with Crippen LogP contribution in [-0.2, 0) is 4.74 Å². The van der Waals surface area contributed by atoms with Gasteiger partial charge in [0, 0.05) is 6.54 Å². The molecule has 0 atom stereocenters. The molecule has 1 saturated heterocycles. The Morgan fingerprint density at radius 3 is 2.83 bits per heavy atom. The van der Waals surface area contributed by atoms with Gasteiger partial charge in [0.2, 0.25) is 0 Å². The van der Waals surface area contributed by atoms with E-state index < -0.39 is 0 Å². The fourth-order valence-corrected chi connectivity index (χ4v) is 0.770. The van der Waals surface area contributed by atoms with E-state index in [9.17, 15) is 0 Å². The highest BCUT2D eigenvalue weighted by molar-refractivity contribution is 7.97. The summed E-state index contributed by atoms with van der Waals surface area (Å²) >= 11 is 1.50. The Bertz CT molecular complexity index is 26.3. The van der Waals surface area contributed by atoms with Crippen LogP contribution >= 0.6 is 11.9 Å². The maximum absolute atomic E-state index is 4.94. The average Bonchev–Trinajstić information content (AvgIpc) is 1.72. The molecule has 1 aliphatic rings. The van der Waals surface area contributed by atoms with E-state index in [2.05, 4.69) is 4.72 Å². The molecule has 0 aromatic rings. The van der Waals surface area contributed by atoms with Crippen LogP contribution in [0.5, 0.6) is 0 Å². The third-order valence-electron chi connectivity index (χ3n) is 0.554. The van der Waals surface area contributed by atoms with Crippen LogP contribution in [0.3, 0.4) is 0 Å². The molecule has 1 aliphatic heterocycles. The molecule has 0 aromatic carbocycles. The fourth-order valence-electron chi connectivity index (χ4n) is 0.300. The minimum atomic E-state index is 0.750. The zero-order valence-corrected chi connectivity index (χ0v) is 4.20. The molecule has 0 aliphatic carbocycles. The van der Waals surface area contributed by atoms with Crippen molar-refractivity contribution < 1.29 is 4.74 Å². The van der Waals surface area contributed by atoms with E-state index in [0.717, 1.165) is 19.1 Å². The summed E-state index contributed by atoms with van der Waals surface area (Å²) in [6.45, 7) is 1.68. The van der Waals surface area contributed by atoms with Gasteiger partial charge in [0.25, 0.3) is 0 Å². The molecule has 0 aromatic heterocycles. The monoisotopic (exact) mass is 104 g/mol. The maximum atomic E-state index is 4.94. The van der Waals surface area contributed by atoms with E-state index in [1.54, 1.807) is 0 Å². The Morgan fingerprint density at radius 2 is 2.67 bits per heavy atom. The molecule has 0 saturated carbocycles. The zero-order valence-electron chi connectivity index (χ0n) is 3.39. The molecule has 0 spiro atoms. The molecule has 0 unspecified atom stereocenters. The van der Waals surface area contributed by atoms with Gasteiger partial charge in [0.1, 0.15) is 5.94 Å².